The van der Waals surface area contributed by atoms with Crippen LogP contribution in [0.5, 0.6) is 0 Å². The van der Waals surface area contributed by atoms with Crippen LogP contribution in [0.1, 0.15) is 39.9 Å². The molecule has 1 atom stereocenters. The highest BCUT2D eigenvalue weighted by molar-refractivity contribution is 6.31. The zero-order valence-electron chi connectivity index (χ0n) is 21.9. The molecule has 2 heterocycles. The zero-order valence-corrected chi connectivity index (χ0v) is 22.6. The minimum atomic E-state index is -0.675. The number of halogens is 1. The van der Waals surface area contributed by atoms with Crippen LogP contribution in [-0.4, -0.2) is 67.7 Å². The summed E-state index contributed by atoms with van der Waals surface area (Å²) in [5.74, 6) is -1.03. The lowest BCUT2D eigenvalue weighted by atomic mass is 10.0. The fraction of sp³-hybridized carbons (Fsp3) is 0.370. The third kappa shape index (κ3) is 7.27. The quantitative estimate of drug-likeness (QED) is 0.252. The van der Waals surface area contributed by atoms with Crippen LogP contribution in [0.25, 0.3) is 0 Å². The molecular formula is C27H30ClN5O7. The van der Waals surface area contributed by atoms with E-state index in [1.54, 1.807) is 30.3 Å². The molecule has 212 valence electrons. The van der Waals surface area contributed by atoms with Gasteiger partial charge in [0.05, 0.1) is 13.2 Å². The maximum Gasteiger partial charge on any atom is 0.406 e. The Labute approximate surface area is 235 Å². The predicted octanol–water partition coefficient (Wildman–Crippen LogP) is 2.34. The first kappa shape index (κ1) is 28.8. The number of ether oxygens (including phenoxy) is 2. The van der Waals surface area contributed by atoms with Crippen molar-refractivity contribution in [2.75, 3.05) is 32.2 Å². The van der Waals surface area contributed by atoms with Gasteiger partial charge in [-0.1, -0.05) is 29.8 Å². The summed E-state index contributed by atoms with van der Waals surface area (Å²) >= 11 is 6.36. The SMILES string of the molecule is CNC(=O)OCCOCCc1ccc(NC(=O)NCc2ccc3c(c2)CN(C2CCC(=O)NC2=O)C3=O)cc1Cl. The standard InChI is InChI=1S/C27H30ClN5O7/c1-29-27(38)40-11-10-39-9-8-17-3-4-19(13-21(17)28)31-26(37)30-14-16-2-5-20-18(12-16)15-33(25(20)36)22-6-7-23(34)32-24(22)35/h2-5,12-13,22H,6-11,14-15H2,1H3,(H,29,38)(H2,30,31,37)(H,32,34,35). The molecule has 1 unspecified atom stereocenters. The normalized spacial score (nSPS) is 16.3. The average molecular weight is 572 g/mol. The van der Waals surface area contributed by atoms with E-state index in [1.165, 1.54) is 11.9 Å². The Balaban J connectivity index is 1.23. The van der Waals surface area contributed by atoms with Crippen LogP contribution in [0, 0.1) is 0 Å². The second kappa shape index (κ2) is 13.3. The molecule has 4 rings (SSSR count). The van der Waals surface area contributed by atoms with E-state index in [4.69, 9.17) is 21.1 Å². The lowest BCUT2D eigenvalue weighted by Crippen LogP contribution is -2.52. The van der Waals surface area contributed by atoms with Crippen molar-refractivity contribution in [1.82, 2.24) is 20.9 Å². The van der Waals surface area contributed by atoms with Crippen molar-refractivity contribution in [3.8, 4) is 0 Å². The number of hydrogen-bond acceptors (Lipinski definition) is 7. The van der Waals surface area contributed by atoms with Gasteiger partial charge in [0, 0.05) is 42.8 Å². The number of benzene rings is 2. The van der Waals surface area contributed by atoms with Gasteiger partial charge in [0.25, 0.3) is 5.91 Å². The Hall–Kier alpha value is -4.16. The summed E-state index contributed by atoms with van der Waals surface area (Å²) in [5, 5.41) is 10.6. The molecule has 0 aliphatic carbocycles. The van der Waals surface area contributed by atoms with Crippen molar-refractivity contribution in [2.24, 2.45) is 0 Å². The van der Waals surface area contributed by atoms with Crippen molar-refractivity contribution in [3.05, 3.63) is 63.7 Å². The van der Waals surface area contributed by atoms with E-state index in [9.17, 15) is 24.0 Å². The van der Waals surface area contributed by atoms with Gasteiger partial charge in [0.1, 0.15) is 12.6 Å². The van der Waals surface area contributed by atoms with E-state index in [0.29, 0.717) is 35.7 Å². The van der Waals surface area contributed by atoms with E-state index >= 15 is 0 Å². The molecule has 6 amide bonds. The Morgan fingerprint density at radius 3 is 2.67 bits per heavy atom. The number of imide groups is 1. The van der Waals surface area contributed by atoms with Gasteiger partial charge >= 0.3 is 12.1 Å². The van der Waals surface area contributed by atoms with Crippen LogP contribution < -0.4 is 21.3 Å². The monoisotopic (exact) mass is 571 g/mol. The molecule has 0 aromatic heterocycles. The van der Waals surface area contributed by atoms with Gasteiger partial charge in [-0.15, -0.1) is 0 Å². The second-order valence-electron chi connectivity index (χ2n) is 9.25. The third-order valence-corrected chi connectivity index (χ3v) is 6.88. The number of alkyl carbamates (subject to hydrolysis) is 1. The lowest BCUT2D eigenvalue weighted by Gasteiger charge is -2.29. The molecule has 13 heteroatoms. The number of fused-ring (bicyclic) bond motifs is 1. The number of hydrogen-bond donors (Lipinski definition) is 4. The van der Waals surface area contributed by atoms with Gasteiger partial charge in [0.2, 0.25) is 11.8 Å². The average Bonchev–Trinajstić information content (AvgIpc) is 3.25. The van der Waals surface area contributed by atoms with Gasteiger partial charge in [-0.2, -0.15) is 0 Å². The number of carbonyl (C=O) groups is 5. The summed E-state index contributed by atoms with van der Waals surface area (Å²) in [5.41, 5.74) is 3.43. The minimum Gasteiger partial charge on any atom is -0.447 e. The summed E-state index contributed by atoms with van der Waals surface area (Å²) in [7, 11) is 1.48. The van der Waals surface area contributed by atoms with E-state index < -0.39 is 24.1 Å². The molecule has 0 bridgehead atoms. The summed E-state index contributed by atoms with van der Waals surface area (Å²) in [6.45, 7) is 1.29. The maximum atomic E-state index is 12.8. The van der Waals surface area contributed by atoms with Crippen molar-refractivity contribution < 1.29 is 33.4 Å². The predicted molar refractivity (Wildman–Crippen MR) is 145 cm³/mol. The van der Waals surface area contributed by atoms with Crippen LogP contribution in [0.2, 0.25) is 5.02 Å². The van der Waals surface area contributed by atoms with Gasteiger partial charge < -0.3 is 30.3 Å². The van der Waals surface area contributed by atoms with E-state index in [2.05, 4.69) is 21.3 Å². The number of anilines is 1. The zero-order chi connectivity index (χ0) is 28.6. The molecule has 0 radical (unpaired) electrons. The first-order valence-electron chi connectivity index (χ1n) is 12.8. The molecular weight excluding hydrogens is 542 g/mol. The molecule has 4 N–H and O–H groups in total. The summed E-state index contributed by atoms with van der Waals surface area (Å²) in [6, 6.07) is 9.36. The number of nitrogens with zero attached hydrogens (tertiary/aromatic N) is 1. The van der Waals surface area contributed by atoms with E-state index in [1.807, 2.05) is 6.07 Å². The van der Waals surface area contributed by atoms with Crippen LogP contribution in [0.3, 0.4) is 0 Å². The molecule has 2 aliphatic rings. The maximum absolute atomic E-state index is 12.8. The number of rotatable bonds is 10. The Bertz CT molecular complexity index is 1320. The topological polar surface area (TPSA) is 155 Å². The molecule has 2 aromatic carbocycles. The van der Waals surface area contributed by atoms with Gasteiger partial charge in [-0.25, -0.2) is 9.59 Å². The Morgan fingerprint density at radius 1 is 1.10 bits per heavy atom. The molecule has 1 saturated heterocycles. The van der Waals surface area contributed by atoms with Crippen LogP contribution >= 0.6 is 11.6 Å². The smallest absolute Gasteiger partial charge is 0.406 e. The highest BCUT2D eigenvalue weighted by Crippen LogP contribution is 2.28. The first-order chi connectivity index (χ1) is 19.2. The second-order valence-corrected chi connectivity index (χ2v) is 9.66. The van der Waals surface area contributed by atoms with Gasteiger partial charge in [-0.05, 0) is 47.7 Å². The molecule has 0 saturated carbocycles. The highest BCUT2D eigenvalue weighted by Gasteiger charge is 2.39. The van der Waals surface area contributed by atoms with Crippen molar-refractivity contribution >= 4 is 47.1 Å². The molecule has 2 aromatic rings. The van der Waals surface area contributed by atoms with E-state index in [-0.39, 0.29) is 44.5 Å². The fourth-order valence-corrected chi connectivity index (χ4v) is 4.75. The number of urea groups is 1. The lowest BCUT2D eigenvalue weighted by molar-refractivity contribution is -0.136. The number of piperidine rings is 1. The molecule has 0 spiro atoms. The third-order valence-electron chi connectivity index (χ3n) is 6.53. The van der Waals surface area contributed by atoms with Crippen LogP contribution in [-0.2, 0) is 38.6 Å². The largest absolute Gasteiger partial charge is 0.447 e. The summed E-state index contributed by atoms with van der Waals surface area (Å²) < 4.78 is 10.3. The van der Waals surface area contributed by atoms with Gasteiger partial charge in [0.15, 0.2) is 0 Å². The molecule has 40 heavy (non-hydrogen) atoms. The summed E-state index contributed by atoms with van der Waals surface area (Å²) in [6.07, 6.45) is 0.530. The van der Waals surface area contributed by atoms with Crippen LogP contribution in [0.15, 0.2) is 36.4 Å². The number of amides is 6. The number of carbonyl (C=O) groups excluding carboxylic acids is 5. The minimum absolute atomic E-state index is 0.149. The molecule has 2 aliphatic heterocycles. The van der Waals surface area contributed by atoms with Crippen molar-refractivity contribution in [3.63, 3.8) is 0 Å². The van der Waals surface area contributed by atoms with Crippen molar-refractivity contribution in [1.29, 1.82) is 0 Å². The Kier molecular flexibility index (Phi) is 9.56. The highest BCUT2D eigenvalue weighted by atomic mass is 35.5. The van der Waals surface area contributed by atoms with Gasteiger partial charge in [-0.3, -0.25) is 19.7 Å². The molecule has 12 nitrogen and oxygen atoms in total. The number of nitrogens with one attached hydrogen (secondary N) is 4. The molecule has 1 fully saturated rings. The Morgan fingerprint density at radius 2 is 1.93 bits per heavy atom. The van der Waals surface area contributed by atoms with Crippen LogP contribution in [0.4, 0.5) is 15.3 Å². The fourth-order valence-electron chi connectivity index (χ4n) is 4.47. The van der Waals surface area contributed by atoms with E-state index in [0.717, 1.165) is 16.7 Å². The first-order valence-corrected chi connectivity index (χ1v) is 13.1. The van der Waals surface area contributed by atoms with Crippen molar-refractivity contribution in [2.45, 2.75) is 38.4 Å². The summed E-state index contributed by atoms with van der Waals surface area (Å²) in [4.78, 5) is 61.4.